The molecule has 9 heteroatoms. The molecule has 1 aliphatic heterocycles. The number of hydroxylamine groups is 2. The maximum Gasteiger partial charge on any atom is 0.277 e. The largest absolute Gasteiger partial charge is 0.358 e. The minimum Gasteiger partial charge on any atom is -0.358 e. The second-order valence-electron chi connectivity index (χ2n) is 8.20. The zero-order valence-corrected chi connectivity index (χ0v) is 20.7. The van der Waals surface area contributed by atoms with Crippen LogP contribution >= 0.6 is 0 Å². The standard InChI is InChI=1S/C25H33N5O4/c1-7-30(8-2)12-11-26-24(32)22-15(3)21(27-16(22)4)14-19-18-13-17(25(33)29(5)34-6)9-10-20(18)28-23(19)31/h9-10,13-14,27H,7-8,11-12H2,1-6H3,(H,26,32)(H,28,31)/b19-14-. The fourth-order valence-electron chi connectivity index (χ4n) is 4.09. The first kappa shape index (κ1) is 25.2. The lowest BCUT2D eigenvalue weighted by molar-refractivity contribution is -0.110. The lowest BCUT2D eigenvalue weighted by atomic mass is 10.0. The summed E-state index contributed by atoms with van der Waals surface area (Å²) in [6, 6.07) is 5.01. The molecule has 3 rings (SSSR count). The van der Waals surface area contributed by atoms with Crippen molar-refractivity contribution < 1.29 is 19.2 Å². The molecule has 0 saturated heterocycles. The van der Waals surface area contributed by atoms with E-state index in [9.17, 15) is 14.4 Å². The summed E-state index contributed by atoms with van der Waals surface area (Å²) in [6.07, 6.45) is 1.73. The van der Waals surface area contributed by atoms with Gasteiger partial charge in [0.15, 0.2) is 0 Å². The van der Waals surface area contributed by atoms with Gasteiger partial charge in [-0.15, -0.1) is 0 Å². The fourth-order valence-corrected chi connectivity index (χ4v) is 4.09. The van der Waals surface area contributed by atoms with Crippen LogP contribution in [0.2, 0.25) is 0 Å². The molecule has 1 aromatic carbocycles. The van der Waals surface area contributed by atoms with Crippen LogP contribution in [-0.4, -0.2) is 73.0 Å². The number of hydrogen-bond acceptors (Lipinski definition) is 5. The summed E-state index contributed by atoms with van der Waals surface area (Å²) in [5.74, 6) is -0.731. The summed E-state index contributed by atoms with van der Waals surface area (Å²) in [4.78, 5) is 48.5. The topological polar surface area (TPSA) is 107 Å². The van der Waals surface area contributed by atoms with Gasteiger partial charge in [-0.2, -0.15) is 0 Å². The average molecular weight is 468 g/mol. The zero-order valence-electron chi connectivity index (χ0n) is 20.7. The van der Waals surface area contributed by atoms with Crippen molar-refractivity contribution in [2.75, 3.05) is 45.7 Å². The van der Waals surface area contributed by atoms with Gasteiger partial charge in [0, 0.05) is 48.3 Å². The van der Waals surface area contributed by atoms with Crippen LogP contribution < -0.4 is 10.6 Å². The Labute approximate surface area is 200 Å². The van der Waals surface area contributed by atoms with E-state index in [1.54, 1.807) is 24.3 Å². The van der Waals surface area contributed by atoms with Crippen molar-refractivity contribution in [2.24, 2.45) is 0 Å². The van der Waals surface area contributed by atoms with Crippen molar-refractivity contribution in [3.8, 4) is 0 Å². The van der Waals surface area contributed by atoms with Crippen molar-refractivity contribution in [1.29, 1.82) is 0 Å². The third-order valence-corrected chi connectivity index (χ3v) is 6.21. The number of nitrogens with one attached hydrogen (secondary N) is 3. The molecule has 3 N–H and O–H groups in total. The molecular weight excluding hydrogens is 434 g/mol. The van der Waals surface area contributed by atoms with Gasteiger partial charge in [-0.05, 0) is 56.8 Å². The van der Waals surface area contributed by atoms with E-state index in [0.717, 1.165) is 36.0 Å². The second kappa shape index (κ2) is 10.7. The Balaban J connectivity index is 1.88. The monoisotopic (exact) mass is 467 g/mol. The summed E-state index contributed by atoms with van der Waals surface area (Å²) in [7, 11) is 2.94. The number of benzene rings is 1. The van der Waals surface area contributed by atoms with Gasteiger partial charge in [-0.1, -0.05) is 13.8 Å². The first-order valence-electron chi connectivity index (χ1n) is 11.4. The molecule has 0 aliphatic carbocycles. The van der Waals surface area contributed by atoms with E-state index in [1.165, 1.54) is 14.2 Å². The Morgan fingerprint density at radius 1 is 1.18 bits per heavy atom. The molecule has 0 unspecified atom stereocenters. The third-order valence-electron chi connectivity index (χ3n) is 6.21. The smallest absolute Gasteiger partial charge is 0.277 e. The molecule has 0 saturated carbocycles. The molecule has 34 heavy (non-hydrogen) atoms. The second-order valence-corrected chi connectivity index (χ2v) is 8.20. The van der Waals surface area contributed by atoms with Gasteiger partial charge in [-0.3, -0.25) is 19.2 Å². The Hall–Kier alpha value is -3.43. The summed E-state index contributed by atoms with van der Waals surface area (Å²) in [5.41, 5.74) is 4.82. The average Bonchev–Trinajstić information content (AvgIpc) is 3.29. The minimum absolute atomic E-state index is 0.144. The number of hydrogen-bond donors (Lipinski definition) is 3. The number of likely N-dealkylation sites (N-methyl/N-ethyl adjacent to an activating group) is 1. The highest BCUT2D eigenvalue weighted by Gasteiger charge is 2.27. The van der Waals surface area contributed by atoms with Crippen LogP contribution in [0, 0.1) is 13.8 Å². The molecule has 2 heterocycles. The summed E-state index contributed by atoms with van der Waals surface area (Å²) < 4.78 is 0. The highest BCUT2D eigenvalue weighted by Crippen LogP contribution is 2.35. The van der Waals surface area contributed by atoms with Crippen LogP contribution in [0.5, 0.6) is 0 Å². The number of carbonyl (C=O) groups is 3. The Morgan fingerprint density at radius 3 is 2.53 bits per heavy atom. The third kappa shape index (κ3) is 5.05. The van der Waals surface area contributed by atoms with Gasteiger partial charge in [0.1, 0.15) is 0 Å². The number of nitrogens with zero attached hydrogens (tertiary/aromatic N) is 2. The lowest BCUT2D eigenvalue weighted by Gasteiger charge is -2.18. The van der Waals surface area contributed by atoms with E-state index in [-0.39, 0.29) is 17.7 Å². The summed E-state index contributed by atoms with van der Waals surface area (Å²) in [5, 5.41) is 6.95. The number of fused-ring (bicyclic) bond motifs is 1. The summed E-state index contributed by atoms with van der Waals surface area (Å²) in [6.45, 7) is 11.1. The van der Waals surface area contributed by atoms with Crippen molar-refractivity contribution in [1.82, 2.24) is 20.3 Å². The molecule has 0 spiro atoms. The molecule has 1 aliphatic rings. The first-order valence-corrected chi connectivity index (χ1v) is 11.4. The van der Waals surface area contributed by atoms with E-state index in [2.05, 4.69) is 34.4 Å². The first-order chi connectivity index (χ1) is 16.2. The molecule has 9 nitrogen and oxygen atoms in total. The highest BCUT2D eigenvalue weighted by molar-refractivity contribution is 6.35. The van der Waals surface area contributed by atoms with Crippen LogP contribution in [0.3, 0.4) is 0 Å². The van der Waals surface area contributed by atoms with Gasteiger partial charge >= 0.3 is 0 Å². The zero-order chi connectivity index (χ0) is 25.0. The molecule has 182 valence electrons. The van der Waals surface area contributed by atoms with E-state index < -0.39 is 0 Å². The normalized spacial score (nSPS) is 13.9. The van der Waals surface area contributed by atoms with Crippen LogP contribution in [0.1, 0.15) is 57.1 Å². The molecule has 0 fully saturated rings. The number of carbonyl (C=O) groups excluding carboxylic acids is 3. The molecule has 0 radical (unpaired) electrons. The SMILES string of the molecule is CCN(CC)CCNC(=O)c1c(C)[nH]c(/C=C2\C(=O)Nc3ccc(C(=O)N(C)OC)cc32)c1C. The van der Waals surface area contributed by atoms with Crippen molar-refractivity contribution in [2.45, 2.75) is 27.7 Å². The van der Waals surface area contributed by atoms with Crippen LogP contribution in [0.25, 0.3) is 11.6 Å². The molecule has 0 bridgehead atoms. The number of H-pyrrole nitrogens is 1. The fraction of sp³-hybridized carbons (Fsp3) is 0.400. The van der Waals surface area contributed by atoms with Crippen LogP contribution in [0.4, 0.5) is 5.69 Å². The molecule has 0 atom stereocenters. The minimum atomic E-state index is -0.320. The lowest BCUT2D eigenvalue weighted by Crippen LogP contribution is -2.35. The number of aromatic nitrogens is 1. The predicted octanol–water partition coefficient (Wildman–Crippen LogP) is 2.83. The quantitative estimate of drug-likeness (QED) is 0.388. The number of anilines is 1. The van der Waals surface area contributed by atoms with Crippen molar-refractivity contribution in [3.63, 3.8) is 0 Å². The van der Waals surface area contributed by atoms with Gasteiger partial charge in [0.2, 0.25) is 0 Å². The van der Waals surface area contributed by atoms with Gasteiger partial charge in [-0.25, -0.2) is 5.06 Å². The number of aryl methyl sites for hydroxylation is 1. The Kier molecular flexibility index (Phi) is 7.90. The maximum absolute atomic E-state index is 12.9. The van der Waals surface area contributed by atoms with E-state index in [4.69, 9.17) is 4.84 Å². The summed E-state index contributed by atoms with van der Waals surface area (Å²) >= 11 is 0. The van der Waals surface area contributed by atoms with Gasteiger partial charge in [0.05, 0.1) is 18.2 Å². The number of aromatic amines is 1. The molecule has 3 amide bonds. The molecule has 2 aromatic rings. The highest BCUT2D eigenvalue weighted by atomic mass is 16.7. The van der Waals surface area contributed by atoms with Gasteiger partial charge < -0.3 is 20.5 Å². The van der Waals surface area contributed by atoms with E-state index >= 15 is 0 Å². The maximum atomic E-state index is 12.9. The van der Waals surface area contributed by atoms with E-state index in [0.29, 0.717) is 40.2 Å². The Bertz CT molecular complexity index is 1130. The van der Waals surface area contributed by atoms with Gasteiger partial charge in [0.25, 0.3) is 17.7 Å². The van der Waals surface area contributed by atoms with Crippen LogP contribution in [-0.2, 0) is 9.63 Å². The number of rotatable bonds is 9. The van der Waals surface area contributed by atoms with Crippen molar-refractivity contribution in [3.05, 3.63) is 51.8 Å². The molecular formula is C25H33N5O4. The Morgan fingerprint density at radius 2 is 1.88 bits per heavy atom. The molecule has 1 aromatic heterocycles. The van der Waals surface area contributed by atoms with E-state index in [1.807, 2.05) is 13.8 Å². The predicted molar refractivity (Wildman–Crippen MR) is 132 cm³/mol. The number of amides is 3. The van der Waals surface area contributed by atoms with Crippen LogP contribution in [0.15, 0.2) is 18.2 Å². The van der Waals surface area contributed by atoms with Crippen molar-refractivity contribution >= 4 is 35.1 Å².